The predicted octanol–water partition coefficient (Wildman–Crippen LogP) is 5.41. The Labute approximate surface area is 157 Å². The number of benzene rings is 1. The topological polar surface area (TPSA) is 25.4 Å². The van der Waals surface area contributed by atoms with E-state index in [2.05, 4.69) is 47.1 Å². The van der Waals surface area contributed by atoms with Crippen molar-refractivity contribution in [2.24, 2.45) is 0 Å². The first kappa shape index (κ1) is 19.7. The summed E-state index contributed by atoms with van der Waals surface area (Å²) >= 11 is 0. The van der Waals surface area contributed by atoms with Gasteiger partial charge in [-0.1, -0.05) is 38.0 Å². The van der Waals surface area contributed by atoms with Crippen molar-refractivity contribution in [2.45, 2.75) is 51.6 Å². The summed E-state index contributed by atoms with van der Waals surface area (Å²) < 4.78 is 5.86. The highest BCUT2D eigenvalue weighted by Gasteiger charge is 2.24. The average Bonchev–Trinajstić information content (AvgIpc) is 2.64. The van der Waals surface area contributed by atoms with E-state index in [-0.39, 0.29) is 12.4 Å². The lowest BCUT2D eigenvalue weighted by molar-refractivity contribution is 0.140. The van der Waals surface area contributed by atoms with E-state index >= 15 is 0 Å². The van der Waals surface area contributed by atoms with Crippen LogP contribution < -0.4 is 4.74 Å². The van der Waals surface area contributed by atoms with Gasteiger partial charge in [0.1, 0.15) is 5.75 Å². The average molecular weight is 361 g/mol. The van der Waals surface area contributed by atoms with Gasteiger partial charge in [-0.15, -0.1) is 12.4 Å². The number of aromatic nitrogens is 1. The molecule has 2 aromatic rings. The van der Waals surface area contributed by atoms with Gasteiger partial charge in [-0.3, -0.25) is 9.88 Å². The van der Waals surface area contributed by atoms with E-state index in [0.717, 1.165) is 31.9 Å². The van der Waals surface area contributed by atoms with E-state index in [9.17, 15) is 0 Å². The van der Waals surface area contributed by atoms with Crippen LogP contribution in [-0.4, -0.2) is 23.0 Å². The number of likely N-dealkylation sites (tertiary alicyclic amines) is 1. The van der Waals surface area contributed by atoms with Crippen LogP contribution in [0, 0.1) is 0 Å². The van der Waals surface area contributed by atoms with Gasteiger partial charge in [0, 0.05) is 25.0 Å². The lowest BCUT2D eigenvalue weighted by Crippen LogP contribution is -2.32. The fraction of sp³-hybridized carbons (Fsp3) is 0.476. The van der Waals surface area contributed by atoms with Crippen LogP contribution in [0.5, 0.6) is 5.75 Å². The molecule has 0 amide bonds. The lowest BCUT2D eigenvalue weighted by atomic mass is 9.96. The van der Waals surface area contributed by atoms with Crippen LogP contribution in [0.25, 0.3) is 0 Å². The summed E-state index contributed by atoms with van der Waals surface area (Å²) in [6.45, 7) is 5.13. The van der Waals surface area contributed by atoms with E-state index in [4.69, 9.17) is 4.74 Å². The van der Waals surface area contributed by atoms with Crippen molar-refractivity contribution in [2.75, 3.05) is 13.2 Å². The van der Waals surface area contributed by atoms with Gasteiger partial charge in [-0.2, -0.15) is 0 Å². The van der Waals surface area contributed by atoms with E-state index < -0.39 is 0 Å². The monoisotopic (exact) mass is 360 g/mol. The second-order valence-electron chi connectivity index (χ2n) is 6.62. The quantitative estimate of drug-likeness (QED) is 0.617. The van der Waals surface area contributed by atoms with Gasteiger partial charge in [0.15, 0.2) is 0 Å². The first-order chi connectivity index (χ1) is 11.9. The maximum Gasteiger partial charge on any atom is 0.119 e. The number of rotatable bonds is 7. The van der Waals surface area contributed by atoms with E-state index in [1.807, 2.05) is 18.5 Å². The highest BCUT2D eigenvalue weighted by Crippen LogP contribution is 2.32. The molecule has 0 bridgehead atoms. The highest BCUT2D eigenvalue weighted by molar-refractivity contribution is 5.85. The second kappa shape index (κ2) is 10.4. The van der Waals surface area contributed by atoms with Crippen molar-refractivity contribution in [1.29, 1.82) is 0 Å². The number of nitrogens with zero attached hydrogens (tertiary/aromatic N) is 2. The van der Waals surface area contributed by atoms with E-state index in [1.54, 1.807) is 0 Å². The number of hydrogen-bond donors (Lipinski definition) is 0. The predicted molar refractivity (Wildman–Crippen MR) is 105 cm³/mol. The zero-order valence-corrected chi connectivity index (χ0v) is 15.9. The van der Waals surface area contributed by atoms with E-state index in [0.29, 0.717) is 6.04 Å². The molecule has 1 aliphatic rings. The third-order valence-corrected chi connectivity index (χ3v) is 4.73. The molecule has 25 heavy (non-hydrogen) atoms. The van der Waals surface area contributed by atoms with Crippen LogP contribution in [0.3, 0.4) is 0 Å². The molecule has 3 nitrogen and oxygen atoms in total. The molecule has 1 aromatic carbocycles. The molecule has 3 rings (SSSR count). The molecule has 0 saturated carbocycles. The molecule has 0 radical (unpaired) electrons. The molecule has 4 heteroatoms. The SMILES string of the molecule is CCCCOc1cccc(CN2CCCCC2c2cccnc2)c1.Cl. The van der Waals surface area contributed by atoms with Crippen molar-refractivity contribution in [3.05, 3.63) is 59.9 Å². The van der Waals surface area contributed by atoms with Crippen molar-refractivity contribution >= 4 is 12.4 Å². The van der Waals surface area contributed by atoms with Gasteiger partial charge in [0.25, 0.3) is 0 Å². The molecule has 1 atom stereocenters. The first-order valence-electron chi connectivity index (χ1n) is 9.22. The molecule has 0 N–H and O–H groups in total. The van der Waals surface area contributed by atoms with Gasteiger partial charge < -0.3 is 4.74 Å². The van der Waals surface area contributed by atoms with Gasteiger partial charge in [-0.25, -0.2) is 0 Å². The minimum atomic E-state index is 0. The normalized spacial score (nSPS) is 17.7. The summed E-state index contributed by atoms with van der Waals surface area (Å²) in [5, 5.41) is 0. The third-order valence-electron chi connectivity index (χ3n) is 4.73. The molecular formula is C21H29ClN2O. The Morgan fingerprint density at radius 1 is 1.20 bits per heavy atom. The van der Waals surface area contributed by atoms with Gasteiger partial charge in [0.05, 0.1) is 6.61 Å². The largest absolute Gasteiger partial charge is 0.494 e. The summed E-state index contributed by atoms with van der Waals surface area (Å²) in [6, 6.07) is 13.3. The van der Waals surface area contributed by atoms with Gasteiger partial charge in [-0.05, 0) is 55.1 Å². The lowest BCUT2D eigenvalue weighted by Gasteiger charge is -2.36. The first-order valence-corrected chi connectivity index (χ1v) is 9.22. The van der Waals surface area contributed by atoms with Crippen molar-refractivity contribution in [3.63, 3.8) is 0 Å². The number of pyridine rings is 1. The van der Waals surface area contributed by atoms with Gasteiger partial charge in [0.2, 0.25) is 0 Å². The molecular weight excluding hydrogens is 332 g/mol. The Morgan fingerprint density at radius 2 is 2.12 bits per heavy atom. The van der Waals surface area contributed by atoms with Crippen LogP contribution in [0.15, 0.2) is 48.8 Å². The molecule has 0 aliphatic carbocycles. The molecule has 1 unspecified atom stereocenters. The molecule has 136 valence electrons. The highest BCUT2D eigenvalue weighted by atomic mass is 35.5. The summed E-state index contributed by atoms with van der Waals surface area (Å²) in [5.74, 6) is 0.996. The zero-order chi connectivity index (χ0) is 16.6. The molecule has 1 fully saturated rings. The standard InChI is InChI=1S/C21H28N2O.ClH/c1-2-3-14-24-20-10-6-8-18(15-20)17-23-13-5-4-11-21(23)19-9-7-12-22-16-19;/h6-10,12,15-16,21H,2-5,11,13-14,17H2,1H3;1H. The number of ether oxygens (including phenoxy) is 1. The van der Waals surface area contributed by atoms with Crippen LogP contribution in [-0.2, 0) is 6.54 Å². The zero-order valence-electron chi connectivity index (χ0n) is 15.1. The van der Waals surface area contributed by atoms with Crippen LogP contribution >= 0.6 is 12.4 Å². The smallest absolute Gasteiger partial charge is 0.119 e. The Kier molecular flexibility index (Phi) is 8.23. The summed E-state index contributed by atoms with van der Waals surface area (Å²) in [7, 11) is 0. The summed E-state index contributed by atoms with van der Waals surface area (Å²) in [4.78, 5) is 6.90. The molecule has 1 saturated heterocycles. The fourth-order valence-electron chi connectivity index (χ4n) is 3.43. The van der Waals surface area contributed by atoms with Crippen molar-refractivity contribution in [3.8, 4) is 5.75 Å². The number of halogens is 1. The summed E-state index contributed by atoms with van der Waals surface area (Å²) in [5.41, 5.74) is 2.67. The Hall–Kier alpha value is -1.58. The number of hydrogen-bond acceptors (Lipinski definition) is 3. The minimum absolute atomic E-state index is 0. The molecule has 1 aromatic heterocycles. The van der Waals surface area contributed by atoms with Crippen molar-refractivity contribution < 1.29 is 4.74 Å². The maximum atomic E-state index is 5.86. The fourth-order valence-corrected chi connectivity index (χ4v) is 3.43. The Bertz CT molecular complexity index is 620. The molecule has 1 aliphatic heterocycles. The molecule has 2 heterocycles. The third kappa shape index (κ3) is 5.72. The Morgan fingerprint density at radius 3 is 2.92 bits per heavy atom. The number of piperidine rings is 1. The van der Waals surface area contributed by atoms with E-state index in [1.165, 1.54) is 36.8 Å². The van der Waals surface area contributed by atoms with Crippen LogP contribution in [0.4, 0.5) is 0 Å². The second-order valence-corrected chi connectivity index (χ2v) is 6.62. The van der Waals surface area contributed by atoms with Gasteiger partial charge >= 0.3 is 0 Å². The molecule has 0 spiro atoms. The van der Waals surface area contributed by atoms with Crippen molar-refractivity contribution in [1.82, 2.24) is 9.88 Å². The van der Waals surface area contributed by atoms with Crippen LogP contribution in [0.1, 0.15) is 56.2 Å². The van der Waals surface area contributed by atoms with Crippen LogP contribution in [0.2, 0.25) is 0 Å². The summed E-state index contributed by atoms with van der Waals surface area (Å²) in [6.07, 6.45) is 9.96. The number of unbranched alkanes of at least 4 members (excludes halogenated alkanes) is 1. The Balaban J connectivity index is 0.00000225. The minimum Gasteiger partial charge on any atom is -0.494 e. The maximum absolute atomic E-state index is 5.86.